The lowest BCUT2D eigenvalue weighted by molar-refractivity contribution is -0.119. The summed E-state index contributed by atoms with van der Waals surface area (Å²) in [6.45, 7) is 3.76. The van der Waals surface area contributed by atoms with Gasteiger partial charge in [0.1, 0.15) is 11.5 Å². The van der Waals surface area contributed by atoms with Crippen molar-refractivity contribution in [2.45, 2.75) is 20.0 Å². The van der Waals surface area contributed by atoms with Gasteiger partial charge in [-0.25, -0.2) is 4.90 Å². The van der Waals surface area contributed by atoms with Crippen LogP contribution in [0.15, 0.2) is 53.4 Å². The van der Waals surface area contributed by atoms with E-state index in [0.717, 1.165) is 0 Å². The summed E-state index contributed by atoms with van der Waals surface area (Å²) in [6, 6.07) is 13.9. The molecule has 0 fully saturated rings. The minimum absolute atomic E-state index is 0.0285. The largest absolute Gasteiger partial charge is 0.497 e. The van der Waals surface area contributed by atoms with Crippen LogP contribution in [0.5, 0.6) is 11.5 Å². The van der Waals surface area contributed by atoms with Crippen LogP contribution < -0.4 is 14.4 Å². The highest BCUT2D eigenvalue weighted by Gasteiger charge is 2.40. The van der Waals surface area contributed by atoms with Gasteiger partial charge in [-0.15, -0.1) is 11.8 Å². The van der Waals surface area contributed by atoms with E-state index >= 15 is 0 Å². The van der Waals surface area contributed by atoms with Crippen LogP contribution in [0.1, 0.15) is 19.4 Å². The van der Waals surface area contributed by atoms with E-state index in [1.807, 2.05) is 13.8 Å². The van der Waals surface area contributed by atoms with E-state index in [-0.39, 0.29) is 12.7 Å². The number of imide groups is 1. The number of nitrogens with zero attached hydrogens (tertiary/aromatic N) is 1. The van der Waals surface area contributed by atoms with E-state index in [1.165, 1.54) is 16.7 Å². The molecule has 1 heterocycles. The Morgan fingerprint density at radius 1 is 0.966 bits per heavy atom. The Bertz CT molecular complexity index is 919. The van der Waals surface area contributed by atoms with Gasteiger partial charge >= 0.3 is 0 Å². The standard InChI is InChI=1S/C22H23NO5S/c1-14(2)28-18-10-6-16(7-11-18)23-21(25)19(20(22(23)26)29-13-12-24)15-4-8-17(27-3)9-5-15/h4-11,14,24H,12-13H2,1-3H3. The zero-order valence-electron chi connectivity index (χ0n) is 16.5. The molecule has 0 bridgehead atoms. The number of amides is 2. The summed E-state index contributed by atoms with van der Waals surface area (Å²) in [5.41, 5.74) is 1.44. The van der Waals surface area contributed by atoms with Gasteiger partial charge in [0.2, 0.25) is 0 Å². The first-order chi connectivity index (χ1) is 14.0. The van der Waals surface area contributed by atoms with Gasteiger partial charge in [0.05, 0.1) is 36.0 Å². The summed E-state index contributed by atoms with van der Waals surface area (Å²) in [7, 11) is 1.56. The molecular formula is C22H23NO5S. The molecule has 0 aromatic heterocycles. The van der Waals surface area contributed by atoms with Gasteiger partial charge in [-0.05, 0) is 55.8 Å². The molecule has 7 heteroatoms. The summed E-state index contributed by atoms with van der Waals surface area (Å²) in [5.74, 6) is 0.868. The Labute approximate surface area is 174 Å². The zero-order chi connectivity index (χ0) is 21.0. The van der Waals surface area contributed by atoms with Gasteiger partial charge in [0, 0.05) is 5.75 Å². The van der Waals surface area contributed by atoms with Crippen LogP contribution in [0.2, 0.25) is 0 Å². The van der Waals surface area contributed by atoms with Gasteiger partial charge in [-0.1, -0.05) is 12.1 Å². The van der Waals surface area contributed by atoms with Crippen molar-refractivity contribution >= 4 is 34.8 Å². The van der Waals surface area contributed by atoms with E-state index in [2.05, 4.69) is 0 Å². The topological polar surface area (TPSA) is 76.1 Å². The molecule has 1 aliphatic rings. The van der Waals surface area contributed by atoms with Crippen LogP contribution in [0.25, 0.3) is 5.57 Å². The molecule has 3 rings (SSSR count). The molecule has 152 valence electrons. The lowest BCUT2D eigenvalue weighted by Gasteiger charge is -2.16. The van der Waals surface area contributed by atoms with Crippen molar-refractivity contribution in [3.63, 3.8) is 0 Å². The zero-order valence-corrected chi connectivity index (χ0v) is 17.4. The summed E-state index contributed by atoms with van der Waals surface area (Å²) in [5, 5.41) is 9.21. The van der Waals surface area contributed by atoms with Crippen molar-refractivity contribution in [2.75, 3.05) is 24.4 Å². The van der Waals surface area contributed by atoms with Crippen LogP contribution >= 0.6 is 11.8 Å². The van der Waals surface area contributed by atoms with E-state index in [0.29, 0.717) is 39.0 Å². The summed E-state index contributed by atoms with van der Waals surface area (Å²) in [6.07, 6.45) is 0.0285. The maximum atomic E-state index is 13.2. The molecule has 0 atom stereocenters. The Hall–Kier alpha value is -2.77. The molecule has 1 aliphatic heterocycles. The van der Waals surface area contributed by atoms with Crippen molar-refractivity contribution in [1.82, 2.24) is 0 Å². The highest BCUT2D eigenvalue weighted by Crippen LogP contribution is 2.39. The number of ether oxygens (including phenoxy) is 2. The third-order valence-corrected chi connectivity index (χ3v) is 5.28. The van der Waals surface area contributed by atoms with Crippen LogP contribution in [0, 0.1) is 0 Å². The van der Waals surface area contributed by atoms with Crippen LogP contribution in [-0.2, 0) is 9.59 Å². The van der Waals surface area contributed by atoms with E-state index < -0.39 is 11.8 Å². The SMILES string of the molecule is COc1ccc(C2=C(SCCO)C(=O)N(c3ccc(OC(C)C)cc3)C2=O)cc1. The number of carbonyl (C=O) groups excluding carboxylic acids is 2. The van der Waals surface area contributed by atoms with Gasteiger partial charge < -0.3 is 14.6 Å². The van der Waals surface area contributed by atoms with E-state index in [4.69, 9.17) is 9.47 Å². The third-order valence-electron chi connectivity index (χ3n) is 4.22. The minimum Gasteiger partial charge on any atom is -0.497 e. The monoisotopic (exact) mass is 413 g/mol. The van der Waals surface area contributed by atoms with E-state index in [1.54, 1.807) is 55.6 Å². The van der Waals surface area contributed by atoms with Gasteiger partial charge in [-0.3, -0.25) is 9.59 Å². The predicted molar refractivity (Wildman–Crippen MR) is 114 cm³/mol. The molecule has 2 aromatic carbocycles. The molecule has 0 unspecified atom stereocenters. The minimum atomic E-state index is -0.392. The molecule has 2 amide bonds. The average molecular weight is 413 g/mol. The van der Waals surface area contributed by atoms with Crippen LogP contribution in [0.3, 0.4) is 0 Å². The molecule has 29 heavy (non-hydrogen) atoms. The Morgan fingerprint density at radius 2 is 1.59 bits per heavy atom. The number of benzene rings is 2. The number of rotatable bonds is 8. The second kappa shape index (κ2) is 9.15. The van der Waals surface area contributed by atoms with Crippen LogP contribution in [0.4, 0.5) is 5.69 Å². The third kappa shape index (κ3) is 4.46. The first-order valence-electron chi connectivity index (χ1n) is 9.24. The smallest absolute Gasteiger partial charge is 0.272 e. The van der Waals surface area contributed by atoms with Gasteiger partial charge in [-0.2, -0.15) is 0 Å². The summed E-state index contributed by atoms with van der Waals surface area (Å²) < 4.78 is 10.8. The number of aliphatic hydroxyl groups is 1. The van der Waals surface area contributed by atoms with Crippen molar-refractivity contribution < 1.29 is 24.2 Å². The normalized spacial score (nSPS) is 14.2. The first-order valence-corrected chi connectivity index (χ1v) is 10.2. The predicted octanol–water partition coefficient (Wildman–Crippen LogP) is 3.49. The Kier molecular flexibility index (Phi) is 6.61. The van der Waals surface area contributed by atoms with Crippen molar-refractivity contribution in [3.8, 4) is 11.5 Å². The van der Waals surface area contributed by atoms with Crippen molar-refractivity contribution in [2.24, 2.45) is 0 Å². The fourth-order valence-electron chi connectivity index (χ4n) is 2.98. The van der Waals surface area contributed by atoms with E-state index in [9.17, 15) is 14.7 Å². The molecule has 2 aromatic rings. The Balaban J connectivity index is 1.96. The molecular weight excluding hydrogens is 390 g/mol. The summed E-state index contributed by atoms with van der Waals surface area (Å²) in [4.78, 5) is 27.8. The number of thioether (sulfide) groups is 1. The quantitative estimate of drug-likeness (QED) is 0.668. The number of hydrogen-bond donors (Lipinski definition) is 1. The number of carbonyl (C=O) groups is 2. The molecule has 6 nitrogen and oxygen atoms in total. The maximum Gasteiger partial charge on any atom is 0.272 e. The fraction of sp³-hybridized carbons (Fsp3) is 0.273. The molecule has 1 N–H and O–H groups in total. The first kappa shape index (κ1) is 21.0. The van der Waals surface area contributed by atoms with Crippen LogP contribution in [-0.4, -0.2) is 42.5 Å². The number of methoxy groups -OCH3 is 1. The van der Waals surface area contributed by atoms with Crippen molar-refractivity contribution in [3.05, 3.63) is 59.0 Å². The number of aliphatic hydroxyl groups excluding tert-OH is 1. The lowest BCUT2D eigenvalue weighted by Crippen LogP contribution is -2.31. The van der Waals surface area contributed by atoms with Gasteiger partial charge in [0.25, 0.3) is 11.8 Å². The number of anilines is 1. The highest BCUT2D eigenvalue weighted by atomic mass is 32.2. The average Bonchev–Trinajstić information content (AvgIpc) is 2.96. The molecule has 0 radical (unpaired) electrons. The highest BCUT2D eigenvalue weighted by molar-refractivity contribution is 8.04. The molecule has 0 spiro atoms. The molecule has 0 saturated carbocycles. The van der Waals surface area contributed by atoms with Crippen molar-refractivity contribution in [1.29, 1.82) is 0 Å². The second-order valence-corrected chi connectivity index (χ2v) is 7.72. The van der Waals surface area contributed by atoms with Gasteiger partial charge in [0.15, 0.2) is 0 Å². The molecule has 0 aliphatic carbocycles. The fourth-order valence-corrected chi connectivity index (χ4v) is 3.84. The molecule has 0 saturated heterocycles. The Morgan fingerprint density at radius 3 is 2.14 bits per heavy atom. The second-order valence-electron chi connectivity index (χ2n) is 6.61. The summed E-state index contributed by atoms with van der Waals surface area (Å²) >= 11 is 1.18. The maximum absolute atomic E-state index is 13.2. The number of hydrogen-bond acceptors (Lipinski definition) is 6. The lowest BCUT2D eigenvalue weighted by atomic mass is 10.1.